The van der Waals surface area contributed by atoms with Crippen molar-refractivity contribution in [3.8, 4) is 5.75 Å². The first-order valence-corrected chi connectivity index (χ1v) is 9.26. The summed E-state index contributed by atoms with van der Waals surface area (Å²) in [6.07, 6.45) is 3.47. The molecule has 1 N–H and O–H groups in total. The van der Waals surface area contributed by atoms with Gasteiger partial charge in [-0.2, -0.15) is 0 Å². The maximum absolute atomic E-state index is 13.5. The van der Waals surface area contributed by atoms with Crippen molar-refractivity contribution in [2.24, 2.45) is 0 Å². The van der Waals surface area contributed by atoms with Crippen LogP contribution < -0.4 is 4.74 Å². The molecule has 0 bridgehead atoms. The van der Waals surface area contributed by atoms with E-state index in [2.05, 4.69) is 0 Å². The molecule has 0 aromatic heterocycles. The van der Waals surface area contributed by atoms with Crippen LogP contribution in [0.4, 0.5) is 4.39 Å². The largest absolute Gasteiger partial charge is 0.488 e. The minimum absolute atomic E-state index is 0.121. The fourth-order valence-corrected chi connectivity index (χ4v) is 3.71. The number of carboxylic acid groups (broad SMARTS) is 1. The smallest absolute Gasteiger partial charge is 0.323 e. The summed E-state index contributed by atoms with van der Waals surface area (Å²) in [4.78, 5) is 38.8. The molecule has 150 valence electrons. The number of carbonyl (C=O) groups excluding carboxylic acids is 2. The molecular weight excluding hydrogens is 367 g/mol. The highest BCUT2D eigenvalue weighted by atomic mass is 19.1. The van der Waals surface area contributed by atoms with Crippen molar-refractivity contribution in [1.82, 2.24) is 9.80 Å². The van der Waals surface area contributed by atoms with Crippen molar-refractivity contribution in [3.05, 3.63) is 35.2 Å². The molecule has 1 aromatic rings. The Bertz CT molecular complexity index is 823. The molecule has 1 saturated heterocycles. The quantitative estimate of drug-likeness (QED) is 0.849. The molecule has 0 aliphatic carbocycles. The standard InChI is InChI=1S/C20H23FN2O5/c1-13(24)23(11-19(25)26)17-3-2-7-22(8-6-17)20(27)15-9-14-10-16(21)4-5-18(14)28-12-15/h4-5,9-10,17H,2-3,6-8,11-12H2,1H3,(H,25,26). The summed E-state index contributed by atoms with van der Waals surface area (Å²) in [6.45, 7) is 2.07. The Hall–Kier alpha value is -2.90. The molecule has 8 heteroatoms. The number of carbonyl (C=O) groups is 3. The van der Waals surface area contributed by atoms with Crippen molar-refractivity contribution < 1.29 is 28.6 Å². The number of amides is 2. The molecule has 2 amide bonds. The average Bonchev–Trinajstić information content (AvgIpc) is 2.90. The Morgan fingerprint density at radius 2 is 2.07 bits per heavy atom. The number of halogens is 1. The van der Waals surface area contributed by atoms with E-state index in [0.717, 1.165) is 0 Å². The second-order valence-electron chi connectivity index (χ2n) is 7.06. The summed E-state index contributed by atoms with van der Waals surface area (Å²) in [5, 5.41) is 9.04. The summed E-state index contributed by atoms with van der Waals surface area (Å²) in [5.74, 6) is -1.37. The molecule has 0 radical (unpaired) electrons. The second kappa shape index (κ2) is 8.41. The molecule has 1 unspecified atom stereocenters. The van der Waals surface area contributed by atoms with Crippen LogP contribution in [0.5, 0.6) is 5.75 Å². The van der Waals surface area contributed by atoms with E-state index in [9.17, 15) is 18.8 Å². The molecule has 2 aliphatic rings. The molecule has 2 heterocycles. The number of rotatable bonds is 4. The fraction of sp³-hybridized carbons (Fsp3) is 0.450. The lowest BCUT2D eigenvalue weighted by molar-refractivity contribution is -0.145. The minimum atomic E-state index is -1.05. The molecule has 1 fully saturated rings. The van der Waals surface area contributed by atoms with Crippen LogP contribution >= 0.6 is 0 Å². The summed E-state index contributed by atoms with van der Waals surface area (Å²) in [5.41, 5.74) is 0.983. The van der Waals surface area contributed by atoms with E-state index in [-0.39, 0.29) is 31.0 Å². The van der Waals surface area contributed by atoms with Gasteiger partial charge in [-0.3, -0.25) is 14.4 Å². The second-order valence-corrected chi connectivity index (χ2v) is 7.06. The molecule has 1 aromatic carbocycles. The van der Waals surface area contributed by atoms with Gasteiger partial charge < -0.3 is 19.6 Å². The lowest BCUT2D eigenvalue weighted by atomic mass is 10.1. The highest BCUT2D eigenvalue weighted by Crippen LogP contribution is 2.28. The lowest BCUT2D eigenvalue weighted by Crippen LogP contribution is -2.43. The number of likely N-dealkylation sites (tertiary alicyclic amines) is 1. The summed E-state index contributed by atoms with van der Waals surface area (Å²) in [7, 11) is 0. The van der Waals surface area contributed by atoms with E-state index < -0.39 is 11.8 Å². The molecule has 1 atom stereocenters. The topological polar surface area (TPSA) is 87.2 Å². The Labute approximate surface area is 162 Å². The molecule has 7 nitrogen and oxygen atoms in total. The first kappa shape index (κ1) is 19.9. The van der Waals surface area contributed by atoms with Gasteiger partial charge in [0.1, 0.15) is 24.7 Å². The van der Waals surface area contributed by atoms with Gasteiger partial charge in [0.05, 0.1) is 5.57 Å². The number of fused-ring (bicyclic) bond motifs is 1. The zero-order chi connectivity index (χ0) is 20.3. The maximum atomic E-state index is 13.5. The van der Waals surface area contributed by atoms with Crippen molar-refractivity contribution in [2.45, 2.75) is 32.2 Å². The normalized spacial score (nSPS) is 19.0. The zero-order valence-electron chi connectivity index (χ0n) is 15.7. The highest BCUT2D eigenvalue weighted by molar-refractivity contribution is 5.99. The number of nitrogens with zero attached hydrogens (tertiary/aromatic N) is 2. The van der Waals surface area contributed by atoms with Gasteiger partial charge in [-0.25, -0.2) is 4.39 Å². The van der Waals surface area contributed by atoms with E-state index in [1.807, 2.05) is 0 Å². The highest BCUT2D eigenvalue weighted by Gasteiger charge is 2.29. The van der Waals surface area contributed by atoms with Crippen LogP contribution in [-0.4, -0.2) is 65.0 Å². The maximum Gasteiger partial charge on any atom is 0.323 e. The number of carboxylic acids is 1. The molecule has 0 saturated carbocycles. The minimum Gasteiger partial charge on any atom is -0.488 e. The Morgan fingerprint density at radius 3 is 2.79 bits per heavy atom. The zero-order valence-corrected chi connectivity index (χ0v) is 15.7. The molecule has 3 rings (SSSR count). The third-order valence-corrected chi connectivity index (χ3v) is 5.10. The van der Waals surface area contributed by atoms with E-state index in [1.54, 1.807) is 11.0 Å². The summed E-state index contributed by atoms with van der Waals surface area (Å²) >= 11 is 0. The van der Waals surface area contributed by atoms with Crippen LogP contribution in [0.15, 0.2) is 23.8 Å². The van der Waals surface area contributed by atoms with Crippen LogP contribution in [0.3, 0.4) is 0 Å². The molecule has 28 heavy (non-hydrogen) atoms. The van der Waals surface area contributed by atoms with Crippen LogP contribution in [0, 0.1) is 5.82 Å². The van der Waals surface area contributed by atoms with Gasteiger partial charge in [0, 0.05) is 31.6 Å². The van der Waals surface area contributed by atoms with Crippen molar-refractivity contribution in [2.75, 3.05) is 26.2 Å². The van der Waals surface area contributed by atoms with Crippen molar-refractivity contribution in [1.29, 1.82) is 0 Å². The first-order chi connectivity index (χ1) is 13.3. The third kappa shape index (κ3) is 4.49. The summed E-state index contributed by atoms with van der Waals surface area (Å²) in [6, 6.07) is 3.97. The number of ether oxygens (including phenoxy) is 1. The molecule has 2 aliphatic heterocycles. The SMILES string of the molecule is CC(=O)N(CC(=O)O)C1CCCN(C(=O)C2=Cc3cc(F)ccc3OC2)CC1. The first-order valence-electron chi connectivity index (χ1n) is 9.26. The monoisotopic (exact) mass is 390 g/mol. The van der Waals surface area contributed by atoms with E-state index in [4.69, 9.17) is 9.84 Å². The van der Waals surface area contributed by atoms with Gasteiger partial charge in [0.2, 0.25) is 5.91 Å². The molecular formula is C20H23FN2O5. The van der Waals surface area contributed by atoms with Gasteiger partial charge in [-0.1, -0.05) is 0 Å². The van der Waals surface area contributed by atoms with E-state index >= 15 is 0 Å². The number of benzene rings is 1. The van der Waals surface area contributed by atoms with Crippen LogP contribution in [0.1, 0.15) is 31.7 Å². The number of hydrogen-bond acceptors (Lipinski definition) is 4. The van der Waals surface area contributed by atoms with E-state index in [1.165, 1.54) is 30.0 Å². The predicted octanol–water partition coefficient (Wildman–Crippen LogP) is 1.92. The number of hydrogen-bond donors (Lipinski definition) is 1. The lowest BCUT2D eigenvalue weighted by Gasteiger charge is -2.29. The Balaban J connectivity index is 1.69. The number of aliphatic carboxylic acids is 1. The van der Waals surface area contributed by atoms with Crippen LogP contribution in [0.2, 0.25) is 0 Å². The van der Waals surface area contributed by atoms with Gasteiger partial charge in [0.15, 0.2) is 0 Å². The molecule has 0 spiro atoms. The predicted molar refractivity (Wildman–Crippen MR) is 99.1 cm³/mol. The van der Waals surface area contributed by atoms with E-state index in [0.29, 0.717) is 49.2 Å². The average molecular weight is 390 g/mol. The van der Waals surface area contributed by atoms with Crippen LogP contribution in [0.25, 0.3) is 6.08 Å². The van der Waals surface area contributed by atoms with Gasteiger partial charge in [0.25, 0.3) is 5.91 Å². The van der Waals surface area contributed by atoms with Gasteiger partial charge in [-0.15, -0.1) is 0 Å². The van der Waals surface area contributed by atoms with Gasteiger partial charge in [-0.05, 0) is 43.5 Å². The fourth-order valence-electron chi connectivity index (χ4n) is 3.71. The van der Waals surface area contributed by atoms with Crippen molar-refractivity contribution >= 4 is 23.9 Å². The van der Waals surface area contributed by atoms with Crippen LogP contribution in [-0.2, 0) is 14.4 Å². The van der Waals surface area contributed by atoms with Crippen molar-refractivity contribution in [3.63, 3.8) is 0 Å². The van der Waals surface area contributed by atoms with Gasteiger partial charge >= 0.3 is 5.97 Å². The summed E-state index contributed by atoms with van der Waals surface area (Å²) < 4.78 is 19.0. The Kier molecular flexibility index (Phi) is 5.96. The third-order valence-electron chi connectivity index (χ3n) is 5.10. The Morgan fingerprint density at radius 1 is 1.29 bits per heavy atom.